The van der Waals surface area contributed by atoms with Gasteiger partial charge < -0.3 is 20.3 Å². The zero-order valence-electron chi connectivity index (χ0n) is 51.5. The molecule has 0 aliphatic carbocycles. The van der Waals surface area contributed by atoms with Crippen LogP contribution >= 0.6 is 0 Å². The molecule has 0 heterocycles. The van der Waals surface area contributed by atoms with E-state index >= 15 is 0 Å². The molecule has 6 heteroatoms. The van der Waals surface area contributed by atoms with E-state index in [9.17, 15) is 19.8 Å². The number of unbranched alkanes of at least 4 members (excludes halogenated alkanes) is 50. The van der Waals surface area contributed by atoms with E-state index in [0.717, 1.165) is 51.4 Å². The van der Waals surface area contributed by atoms with Gasteiger partial charge in [0.2, 0.25) is 5.91 Å². The van der Waals surface area contributed by atoms with Crippen molar-refractivity contribution in [2.24, 2.45) is 0 Å². The standard InChI is InChI=1S/C70H135NO5/c1-3-5-7-9-11-13-15-17-18-36-40-44-48-52-56-60-64-70(75)76-65-61-57-53-49-45-41-37-34-32-30-28-26-24-22-20-19-21-23-25-27-29-31-33-35-39-43-47-51-55-59-63-69(74)71-67(66-72)68(73)62-58-54-50-46-42-38-16-14-12-10-8-6-4-2/h13,15,18,36,67-68,72-73H,3-12,14,16-17,19-35,37-66H2,1-2H3,(H,71,74)/b15-13-,36-18-. The minimum atomic E-state index is -0.660. The molecule has 1 amide bonds. The van der Waals surface area contributed by atoms with Gasteiger partial charge in [-0.3, -0.25) is 9.59 Å². The molecule has 0 fully saturated rings. The van der Waals surface area contributed by atoms with Crippen molar-refractivity contribution in [2.45, 2.75) is 398 Å². The quantitative estimate of drug-likeness (QED) is 0.0320. The predicted molar refractivity (Wildman–Crippen MR) is 333 cm³/mol. The van der Waals surface area contributed by atoms with Crippen molar-refractivity contribution in [3.8, 4) is 0 Å². The van der Waals surface area contributed by atoms with Crippen LogP contribution in [0.5, 0.6) is 0 Å². The molecule has 0 aliphatic heterocycles. The van der Waals surface area contributed by atoms with Crippen LogP contribution in [0.1, 0.15) is 386 Å². The lowest BCUT2D eigenvalue weighted by molar-refractivity contribution is -0.143. The summed E-state index contributed by atoms with van der Waals surface area (Å²) >= 11 is 0. The van der Waals surface area contributed by atoms with Gasteiger partial charge in [-0.15, -0.1) is 0 Å². The molecule has 0 radical (unpaired) electrons. The summed E-state index contributed by atoms with van der Waals surface area (Å²) in [4.78, 5) is 24.6. The summed E-state index contributed by atoms with van der Waals surface area (Å²) in [7, 11) is 0. The number of hydrogen-bond acceptors (Lipinski definition) is 5. The topological polar surface area (TPSA) is 95.9 Å². The minimum absolute atomic E-state index is 0.00712. The molecule has 450 valence electrons. The summed E-state index contributed by atoms with van der Waals surface area (Å²) < 4.78 is 5.49. The Kier molecular flexibility index (Phi) is 64.4. The van der Waals surface area contributed by atoms with Crippen LogP contribution in [-0.2, 0) is 14.3 Å². The average molecular weight is 1070 g/mol. The largest absolute Gasteiger partial charge is 0.466 e. The number of ether oxygens (including phenoxy) is 1. The maximum atomic E-state index is 12.5. The fourth-order valence-corrected chi connectivity index (χ4v) is 11.0. The van der Waals surface area contributed by atoms with Crippen LogP contribution in [-0.4, -0.2) is 47.4 Å². The number of hydrogen-bond donors (Lipinski definition) is 3. The monoisotopic (exact) mass is 1070 g/mol. The number of carbonyl (C=O) groups is 2. The van der Waals surface area contributed by atoms with Crippen molar-refractivity contribution in [1.29, 1.82) is 0 Å². The Labute approximate surface area is 475 Å². The first kappa shape index (κ1) is 74.3. The third-order valence-electron chi connectivity index (χ3n) is 16.3. The first-order chi connectivity index (χ1) is 37.5. The van der Waals surface area contributed by atoms with Crippen LogP contribution in [0.2, 0.25) is 0 Å². The highest BCUT2D eigenvalue weighted by atomic mass is 16.5. The lowest BCUT2D eigenvalue weighted by atomic mass is 10.0. The molecule has 0 saturated heterocycles. The number of carbonyl (C=O) groups excluding carboxylic acids is 2. The maximum Gasteiger partial charge on any atom is 0.305 e. The van der Waals surface area contributed by atoms with Crippen LogP contribution in [0.4, 0.5) is 0 Å². The number of rotatable bonds is 65. The molecule has 0 aromatic carbocycles. The van der Waals surface area contributed by atoms with Gasteiger partial charge in [0, 0.05) is 12.8 Å². The van der Waals surface area contributed by atoms with Gasteiger partial charge in [0.15, 0.2) is 0 Å². The summed E-state index contributed by atoms with van der Waals surface area (Å²) in [5, 5.41) is 23.3. The molecule has 0 aromatic rings. The maximum absolute atomic E-state index is 12.5. The third-order valence-corrected chi connectivity index (χ3v) is 16.3. The summed E-state index contributed by atoms with van der Waals surface area (Å²) in [6.07, 6.45) is 82.3. The summed E-state index contributed by atoms with van der Waals surface area (Å²) in [6, 6.07) is -0.537. The number of allylic oxidation sites excluding steroid dienone is 4. The zero-order valence-corrected chi connectivity index (χ0v) is 51.5. The number of aliphatic hydroxyl groups is 2. The number of amides is 1. The minimum Gasteiger partial charge on any atom is -0.466 e. The van der Waals surface area contributed by atoms with Crippen LogP contribution in [0.25, 0.3) is 0 Å². The molecular formula is C70H135NO5. The lowest BCUT2D eigenvalue weighted by Gasteiger charge is -2.22. The molecule has 0 saturated carbocycles. The van der Waals surface area contributed by atoms with Crippen molar-refractivity contribution in [1.82, 2.24) is 5.32 Å². The fourth-order valence-electron chi connectivity index (χ4n) is 11.0. The Morgan fingerprint density at radius 2 is 0.658 bits per heavy atom. The highest BCUT2D eigenvalue weighted by Gasteiger charge is 2.20. The Bertz CT molecular complexity index is 1190. The Morgan fingerprint density at radius 3 is 1.01 bits per heavy atom. The highest BCUT2D eigenvalue weighted by molar-refractivity contribution is 5.76. The molecule has 6 nitrogen and oxygen atoms in total. The van der Waals surface area contributed by atoms with Crippen LogP contribution in [0.15, 0.2) is 24.3 Å². The van der Waals surface area contributed by atoms with Crippen LogP contribution < -0.4 is 5.32 Å². The number of aliphatic hydroxyl groups excluding tert-OH is 2. The predicted octanol–water partition coefficient (Wildman–Crippen LogP) is 22.1. The Hall–Kier alpha value is -1.66. The van der Waals surface area contributed by atoms with Crippen molar-refractivity contribution >= 4 is 11.9 Å². The van der Waals surface area contributed by atoms with E-state index in [1.807, 2.05) is 0 Å². The van der Waals surface area contributed by atoms with E-state index < -0.39 is 12.1 Å². The molecule has 2 atom stereocenters. The van der Waals surface area contributed by atoms with Gasteiger partial charge in [-0.25, -0.2) is 0 Å². The fraction of sp³-hybridized carbons (Fsp3) is 0.914. The Balaban J connectivity index is 3.32. The van der Waals surface area contributed by atoms with Crippen molar-refractivity contribution in [3.63, 3.8) is 0 Å². The molecule has 0 aliphatic rings. The van der Waals surface area contributed by atoms with Gasteiger partial charge in [-0.05, 0) is 57.8 Å². The van der Waals surface area contributed by atoms with Gasteiger partial charge in [-0.1, -0.05) is 340 Å². The van der Waals surface area contributed by atoms with E-state index in [1.165, 1.54) is 302 Å². The average Bonchev–Trinajstić information content (AvgIpc) is 3.42. The van der Waals surface area contributed by atoms with E-state index in [-0.39, 0.29) is 18.5 Å². The van der Waals surface area contributed by atoms with Gasteiger partial charge in [0.05, 0.1) is 25.4 Å². The normalized spacial score (nSPS) is 12.6. The van der Waals surface area contributed by atoms with Crippen molar-refractivity contribution < 1.29 is 24.5 Å². The van der Waals surface area contributed by atoms with Crippen LogP contribution in [0, 0.1) is 0 Å². The van der Waals surface area contributed by atoms with Crippen LogP contribution in [0.3, 0.4) is 0 Å². The smallest absolute Gasteiger partial charge is 0.305 e. The molecule has 0 spiro atoms. The summed E-state index contributed by atoms with van der Waals surface area (Å²) in [5.41, 5.74) is 0. The van der Waals surface area contributed by atoms with E-state index in [4.69, 9.17) is 4.74 Å². The lowest BCUT2D eigenvalue weighted by Crippen LogP contribution is -2.45. The molecule has 76 heavy (non-hydrogen) atoms. The van der Waals surface area contributed by atoms with E-state index in [2.05, 4.69) is 43.5 Å². The Morgan fingerprint density at radius 1 is 0.368 bits per heavy atom. The molecular weight excluding hydrogens is 935 g/mol. The molecule has 0 aromatic heterocycles. The summed E-state index contributed by atoms with van der Waals surface area (Å²) in [6.45, 7) is 4.96. The number of nitrogens with one attached hydrogen (secondary N) is 1. The van der Waals surface area contributed by atoms with E-state index in [0.29, 0.717) is 25.9 Å². The van der Waals surface area contributed by atoms with Gasteiger partial charge in [0.25, 0.3) is 0 Å². The summed E-state index contributed by atoms with van der Waals surface area (Å²) in [5.74, 6) is -0.0221. The van der Waals surface area contributed by atoms with Gasteiger partial charge >= 0.3 is 5.97 Å². The van der Waals surface area contributed by atoms with Crippen molar-refractivity contribution in [3.05, 3.63) is 24.3 Å². The second kappa shape index (κ2) is 65.9. The third kappa shape index (κ3) is 61.6. The number of esters is 1. The second-order valence-corrected chi connectivity index (χ2v) is 23.9. The second-order valence-electron chi connectivity index (χ2n) is 23.9. The first-order valence-corrected chi connectivity index (χ1v) is 34.6. The van der Waals surface area contributed by atoms with Gasteiger partial charge in [0.1, 0.15) is 0 Å². The van der Waals surface area contributed by atoms with Crippen molar-refractivity contribution in [2.75, 3.05) is 13.2 Å². The van der Waals surface area contributed by atoms with Gasteiger partial charge in [-0.2, -0.15) is 0 Å². The van der Waals surface area contributed by atoms with E-state index in [1.54, 1.807) is 0 Å². The molecule has 2 unspecified atom stereocenters. The first-order valence-electron chi connectivity index (χ1n) is 34.6. The zero-order chi connectivity index (χ0) is 55.0. The molecule has 3 N–H and O–H groups in total. The molecule has 0 bridgehead atoms. The SMILES string of the molecule is CCCCCC/C=C\C/C=C\CCCCCCCC(=O)OCCCCCCCCCCCCCCCCCCCCCCCCCCCCCCCCC(=O)NC(CO)C(O)CCCCCCCCCCCCCCC. The highest BCUT2D eigenvalue weighted by Crippen LogP contribution is 2.19. The molecule has 0 rings (SSSR count).